The normalized spacial score (nSPS) is 14.5. The third kappa shape index (κ3) is 3.78. The molecule has 4 rings (SSSR count). The van der Waals surface area contributed by atoms with Gasteiger partial charge in [0.15, 0.2) is 5.82 Å². The molecule has 0 atom stereocenters. The first-order valence-electron chi connectivity index (χ1n) is 9.38. The van der Waals surface area contributed by atoms with Crippen molar-refractivity contribution in [3.63, 3.8) is 0 Å². The van der Waals surface area contributed by atoms with Crippen LogP contribution in [0.15, 0.2) is 42.5 Å². The van der Waals surface area contributed by atoms with Gasteiger partial charge in [0.1, 0.15) is 23.4 Å². The average molecular weight is 427 g/mol. The Balaban J connectivity index is 1.74. The van der Waals surface area contributed by atoms with Crippen LogP contribution in [0.2, 0.25) is 0 Å². The Kier molecular flexibility index (Phi) is 5.50. The van der Waals surface area contributed by atoms with E-state index in [2.05, 4.69) is 10.4 Å². The van der Waals surface area contributed by atoms with E-state index in [0.29, 0.717) is 41.7 Å². The van der Waals surface area contributed by atoms with Crippen molar-refractivity contribution in [2.45, 2.75) is 0 Å². The summed E-state index contributed by atoms with van der Waals surface area (Å²) in [5.41, 5.74) is 1.85. The van der Waals surface area contributed by atoms with Crippen LogP contribution in [0.5, 0.6) is 0 Å². The predicted octanol–water partition coefficient (Wildman–Crippen LogP) is 3.30. The number of nitriles is 1. The van der Waals surface area contributed by atoms with Crippen molar-refractivity contribution in [1.82, 2.24) is 9.78 Å². The molecule has 1 saturated heterocycles. The molecule has 0 unspecified atom stereocenters. The monoisotopic (exact) mass is 427 g/mol. The summed E-state index contributed by atoms with van der Waals surface area (Å²) < 4.78 is 42.2. The van der Waals surface area contributed by atoms with Crippen molar-refractivity contribution >= 4 is 22.3 Å². The Morgan fingerprint density at radius 2 is 1.87 bits per heavy atom. The van der Waals surface area contributed by atoms with Gasteiger partial charge in [-0.15, -0.1) is 5.10 Å². The molecule has 6 nitrogen and oxygen atoms in total. The molecule has 9 heteroatoms. The average Bonchev–Trinajstić information content (AvgIpc) is 3.18. The van der Waals surface area contributed by atoms with Gasteiger partial charge in [-0.2, -0.15) is 5.26 Å². The quantitative estimate of drug-likeness (QED) is 0.692. The molecule has 1 aliphatic heterocycles. The predicted molar refractivity (Wildman–Crippen MR) is 113 cm³/mol. The molecule has 0 bridgehead atoms. The van der Waals surface area contributed by atoms with Crippen molar-refractivity contribution < 1.29 is 13.0 Å². The maximum Gasteiger partial charge on any atom is 0.150 e. The van der Waals surface area contributed by atoms with Crippen LogP contribution in [0.25, 0.3) is 16.9 Å². The zero-order chi connectivity index (χ0) is 21.3. The number of rotatable bonds is 4. The van der Waals surface area contributed by atoms with Crippen LogP contribution in [0.4, 0.5) is 20.3 Å². The molecule has 3 aromatic rings. The van der Waals surface area contributed by atoms with Gasteiger partial charge in [-0.05, 0) is 30.3 Å². The minimum atomic E-state index is -0.809. The van der Waals surface area contributed by atoms with E-state index in [9.17, 15) is 8.60 Å². The third-order valence-electron chi connectivity index (χ3n) is 5.05. The molecule has 2 heterocycles. The minimum Gasteiger partial charge on any atom is -0.372 e. The summed E-state index contributed by atoms with van der Waals surface area (Å²) in [5, 5.41) is 16.2. The molecule has 1 aliphatic rings. The molecular weight excluding hydrogens is 408 g/mol. The van der Waals surface area contributed by atoms with Gasteiger partial charge in [0.25, 0.3) is 0 Å². The van der Waals surface area contributed by atoms with Gasteiger partial charge in [0.2, 0.25) is 0 Å². The Morgan fingerprint density at radius 1 is 1.10 bits per heavy atom. The minimum absolute atomic E-state index is 0.0587. The number of nitrogens with one attached hydrogen (secondary N) is 1. The van der Waals surface area contributed by atoms with E-state index in [4.69, 9.17) is 5.26 Å². The smallest absolute Gasteiger partial charge is 0.150 e. The second kappa shape index (κ2) is 8.24. The van der Waals surface area contributed by atoms with Crippen molar-refractivity contribution in [3.8, 4) is 23.0 Å². The molecule has 0 radical (unpaired) electrons. The highest BCUT2D eigenvalue weighted by molar-refractivity contribution is 7.85. The van der Waals surface area contributed by atoms with E-state index < -0.39 is 22.4 Å². The Hall–Kier alpha value is -3.25. The molecular formula is C21H19F2N5OS. The number of aromatic nitrogens is 2. The van der Waals surface area contributed by atoms with Gasteiger partial charge in [0.05, 0.1) is 11.3 Å². The van der Waals surface area contributed by atoms with Crippen molar-refractivity contribution in [1.29, 1.82) is 5.26 Å². The van der Waals surface area contributed by atoms with Gasteiger partial charge in [0, 0.05) is 59.8 Å². The Morgan fingerprint density at radius 3 is 2.50 bits per heavy atom. The summed E-state index contributed by atoms with van der Waals surface area (Å²) in [6.07, 6.45) is 0. The fraction of sp³-hybridized carbons (Fsp3) is 0.238. The maximum absolute atomic E-state index is 15.1. The van der Waals surface area contributed by atoms with E-state index >= 15 is 4.39 Å². The van der Waals surface area contributed by atoms with Gasteiger partial charge in [-0.3, -0.25) is 4.21 Å². The molecule has 1 fully saturated rings. The van der Waals surface area contributed by atoms with Crippen LogP contribution in [0.3, 0.4) is 0 Å². The number of halogens is 2. The van der Waals surface area contributed by atoms with E-state index in [0.717, 1.165) is 5.69 Å². The second-order valence-corrected chi connectivity index (χ2v) is 8.55. The highest BCUT2D eigenvalue weighted by Crippen LogP contribution is 2.30. The highest BCUT2D eigenvalue weighted by Gasteiger charge is 2.19. The summed E-state index contributed by atoms with van der Waals surface area (Å²) in [7, 11) is 0.882. The topological polar surface area (TPSA) is 74.0 Å². The van der Waals surface area contributed by atoms with Gasteiger partial charge >= 0.3 is 0 Å². The molecule has 1 aromatic heterocycles. The van der Waals surface area contributed by atoms with Crippen LogP contribution < -0.4 is 10.2 Å². The first-order chi connectivity index (χ1) is 14.5. The van der Waals surface area contributed by atoms with E-state index in [1.165, 1.54) is 22.9 Å². The SMILES string of the molecule is CNc1cc(-c2ccc(C#N)c(F)c2)n(-c2ccc(N3CCS(=O)CC3)cc2F)n1. The third-order valence-corrected chi connectivity index (χ3v) is 6.33. The molecule has 0 saturated carbocycles. The lowest BCUT2D eigenvalue weighted by Gasteiger charge is -2.28. The zero-order valence-electron chi connectivity index (χ0n) is 16.2. The molecule has 0 amide bonds. The number of anilines is 2. The summed E-state index contributed by atoms with van der Waals surface area (Å²) in [5.74, 6) is 0.523. The molecule has 2 aromatic carbocycles. The summed E-state index contributed by atoms with van der Waals surface area (Å²) in [4.78, 5) is 2.01. The van der Waals surface area contributed by atoms with E-state index in [1.807, 2.05) is 4.90 Å². The van der Waals surface area contributed by atoms with E-state index in [-0.39, 0.29) is 11.3 Å². The van der Waals surface area contributed by atoms with Gasteiger partial charge in [-0.1, -0.05) is 6.07 Å². The molecule has 0 aliphatic carbocycles. The summed E-state index contributed by atoms with van der Waals surface area (Å²) >= 11 is 0. The summed E-state index contributed by atoms with van der Waals surface area (Å²) in [6, 6.07) is 12.6. The van der Waals surface area contributed by atoms with Crippen molar-refractivity contribution in [2.75, 3.05) is 41.9 Å². The van der Waals surface area contributed by atoms with Gasteiger partial charge < -0.3 is 10.2 Å². The lowest BCUT2D eigenvalue weighted by atomic mass is 10.1. The van der Waals surface area contributed by atoms with Crippen LogP contribution in [-0.2, 0) is 10.8 Å². The molecule has 0 spiro atoms. The Labute approximate surface area is 175 Å². The van der Waals surface area contributed by atoms with Crippen molar-refractivity contribution in [3.05, 3.63) is 59.7 Å². The fourth-order valence-corrected chi connectivity index (χ4v) is 4.47. The van der Waals surface area contributed by atoms with Gasteiger partial charge in [-0.25, -0.2) is 13.5 Å². The largest absolute Gasteiger partial charge is 0.372 e. The van der Waals surface area contributed by atoms with Crippen LogP contribution >= 0.6 is 0 Å². The zero-order valence-corrected chi connectivity index (χ0v) is 17.0. The van der Waals surface area contributed by atoms with Crippen LogP contribution in [-0.4, -0.2) is 45.6 Å². The van der Waals surface area contributed by atoms with Crippen LogP contribution in [0.1, 0.15) is 5.56 Å². The lowest BCUT2D eigenvalue weighted by molar-refractivity contribution is 0.610. The molecule has 1 N–H and O–H groups in total. The van der Waals surface area contributed by atoms with Crippen LogP contribution in [0, 0.1) is 23.0 Å². The standard InChI is InChI=1S/C21H19F2N5OS/c1-25-21-12-20(14-2-3-15(13-24)17(22)10-14)28(26-21)19-5-4-16(11-18(19)23)27-6-8-30(29)9-7-27/h2-5,10-12H,6-9H2,1H3,(H,25,26). The number of benzene rings is 2. The summed E-state index contributed by atoms with van der Waals surface area (Å²) in [6.45, 7) is 1.24. The molecule has 154 valence electrons. The fourth-order valence-electron chi connectivity index (χ4n) is 3.42. The van der Waals surface area contributed by atoms with Crippen molar-refractivity contribution in [2.24, 2.45) is 0 Å². The second-order valence-electron chi connectivity index (χ2n) is 6.85. The lowest BCUT2D eigenvalue weighted by Crippen LogP contribution is -2.37. The van der Waals surface area contributed by atoms with E-state index in [1.54, 1.807) is 37.4 Å². The highest BCUT2D eigenvalue weighted by atomic mass is 32.2. The maximum atomic E-state index is 15.1. The Bertz CT molecular complexity index is 1160. The first kappa shape index (κ1) is 20.0. The number of hydrogen-bond donors (Lipinski definition) is 1. The first-order valence-corrected chi connectivity index (χ1v) is 10.9. The molecule has 30 heavy (non-hydrogen) atoms. The number of nitrogens with zero attached hydrogens (tertiary/aromatic N) is 4. The number of hydrogen-bond acceptors (Lipinski definition) is 5.